The van der Waals surface area contributed by atoms with E-state index in [-0.39, 0.29) is 5.91 Å². The van der Waals surface area contributed by atoms with Gasteiger partial charge in [0.2, 0.25) is 5.91 Å². The molecule has 1 aromatic rings. The summed E-state index contributed by atoms with van der Waals surface area (Å²) in [6, 6.07) is 5.79. The second kappa shape index (κ2) is 9.39. The zero-order valence-electron chi connectivity index (χ0n) is 12.8. The summed E-state index contributed by atoms with van der Waals surface area (Å²) >= 11 is 3.41. The number of nitrogens with one attached hydrogen (secondary N) is 3. The fourth-order valence-corrected chi connectivity index (χ4v) is 2.21. The molecule has 1 rings (SSSR count). The Balaban J connectivity index is 2.37. The van der Waals surface area contributed by atoms with Crippen molar-refractivity contribution in [1.29, 1.82) is 0 Å². The average Bonchev–Trinajstić information content (AvgIpc) is 2.45. The molecule has 0 saturated carbocycles. The van der Waals surface area contributed by atoms with Crippen molar-refractivity contribution >= 4 is 33.5 Å². The predicted octanol–water partition coefficient (Wildman–Crippen LogP) is 2.66. The third-order valence-corrected chi connectivity index (χ3v) is 3.37. The van der Waals surface area contributed by atoms with Gasteiger partial charge in [0.15, 0.2) is 5.96 Å². The summed E-state index contributed by atoms with van der Waals surface area (Å²) in [5.41, 5.74) is 1.88. The number of anilines is 1. The molecule has 1 aromatic carbocycles. The number of benzene rings is 1. The molecule has 21 heavy (non-hydrogen) atoms. The third kappa shape index (κ3) is 6.62. The zero-order valence-corrected chi connectivity index (χ0v) is 14.4. The molecule has 0 aliphatic rings. The maximum Gasteiger partial charge on any atom is 0.226 e. The van der Waals surface area contributed by atoms with Crippen molar-refractivity contribution in [2.45, 2.75) is 26.7 Å². The minimum atomic E-state index is -0.0149. The first-order valence-corrected chi connectivity index (χ1v) is 7.86. The fraction of sp³-hybridized carbons (Fsp3) is 0.467. The van der Waals surface area contributed by atoms with Gasteiger partial charge in [-0.3, -0.25) is 9.79 Å². The predicted molar refractivity (Wildman–Crippen MR) is 91.8 cm³/mol. The van der Waals surface area contributed by atoms with Crippen molar-refractivity contribution < 1.29 is 4.79 Å². The number of hydrogen-bond acceptors (Lipinski definition) is 2. The number of hydrogen-bond donors (Lipinski definition) is 3. The Kier molecular flexibility index (Phi) is 7.82. The molecule has 0 spiro atoms. The van der Waals surface area contributed by atoms with Crippen molar-refractivity contribution in [2.24, 2.45) is 4.99 Å². The summed E-state index contributed by atoms with van der Waals surface area (Å²) in [5.74, 6) is 0.711. The normalized spacial score (nSPS) is 11.1. The summed E-state index contributed by atoms with van der Waals surface area (Å²) in [4.78, 5) is 16.0. The molecule has 0 heterocycles. The molecular formula is C15H23BrN4O. The first-order chi connectivity index (χ1) is 10.1. The molecule has 0 atom stereocenters. The molecule has 6 heteroatoms. The van der Waals surface area contributed by atoms with Gasteiger partial charge in [-0.1, -0.05) is 22.9 Å². The van der Waals surface area contributed by atoms with Gasteiger partial charge < -0.3 is 16.0 Å². The molecule has 5 nitrogen and oxygen atoms in total. The van der Waals surface area contributed by atoms with Crippen molar-refractivity contribution in [3.8, 4) is 0 Å². The molecule has 0 radical (unpaired) electrons. The van der Waals surface area contributed by atoms with Gasteiger partial charge in [-0.2, -0.15) is 0 Å². The van der Waals surface area contributed by atoms with E-state index in [9.17, 15) is 4.79 Å². The zero-order chi connectivity index (χ0) is 15.7. The van der Waals surface area contributed by atoms with E-state index in [1.807, 2.05) is 25.1 Å². The molecule has 0 aliphatic heterocycles. The van der Waals surface area contributed by atoms with Crippen LogP contribution in [0, 0.1) is 6.92 Å². The second-order valence-electron chi connectivity index (χ2n) is 4.68. The molecule has 1 amide bonds. The van der Waals surface area contributed by atoms with E-state index in [4.69, 9.17) is 0 Å². The van der Waals surface area contributed by atoms with Crippen molar-refractivity contribution in [3.05, 3.63) is 28.2 Å². The van der Waals surface area contributed by atoms with Crippen LogP contribution in [0.4, 0.5) is 5.69 Å². The lowest BCUT2D eigenvalue weighted by Crippen LogP contribution is -2.38. The van der Waals surface area contributed by atoms with E-state index in [1.165, 1.54) is 0 Å². The van der Waals surface area contributed by atoms with E-state index in [0.29, 0.717) is 13.0 Å². The summed E-state index contributed by atoms with van der Waals surface area (Å²) in [5, 5.41) is 9.19. The second-order valence-corrected chi connectivity index (χ2v) is 5.60. The van der Waals surface area contributed by atoms with Gasteiger partial charge in [0.05, 0.1) is 0 Å². The Morgan fingerprint density at radius 2 is 2.00 bits per heavy atom. The van der Waals surface area contributed by atoms with Crippen LogP contribution in [0.3, 0.4) is 0 Å². The van der Waals surface area contributed by atoms with Gasteiger partial charge in [0, 0.05) is 36.7 Å². The summed E-state index contributed by atoms with van der Waals surface area (Å²) in [6.07, 6.45) is 1.42. The summed E-state index contributed by atoms with van der Waals surface area (Å²) in [7, 11) is 1.72. The Morgan fingerprint density at radius 3 is 2.62 bits per heavy atom. The van der Waals surface area contributed by atoms with Crippen LogP contribution >= 0.6 is 15.9 Å². The number of carbonyl (C=O) groups is 1. The highest BCUT2D eigenvalue weighted by Gasteiger charge is 2.05. The Labute approximate surface area is 134 Å². The Morgan fingerprint density at radius 1 is 1.29 bits per heavy atom. The molecule has 116 valence electrons. The van der Waals surface area contributed by atoms with Gasteiger partial charge in [-0.15, -0.1) is 0 Å². The van der Waals surface area contributed by atoms with Gasteiger partial charge in [0.1, 0.15) is 0 Å². The van der Waals surface area contributed by atoms with Crippen LogP contribution in [0.1, 0.15) is 25.3 Å². The van der Waals surface area contributed by atoms with E-state index < -0.39 is 0 Å². The summed E-state index contributed by atoms with van der Waals surface area (Å²) in [6.45, 7) is 5.47. The Bertz CT molecular complexity index is 502. The number of aliphatic imine (C=N–C) groups is 1. The van der Waals surface area contributed by atoms with Crippen molar-refractivity contribution in [3.63, 3.8) is 0 Å². The largest absolute Gasteiger partial charge is 0.356 e. The maximum atomic E-state index is 11.9. The molecule has 0 aromatic heterocycles. The highest BCUT2D eigenvalue weighted by molar-refractivity contribution is 9.10. The molecule has 3 N–H and O–H groups in total. The van der Waals surface area contributed by atoms with Crippen LogP contribution in [0.2, 0.25) is 0 Å². The van der Waals surface area contributed by atoms with Crippen LogP contribution < -0.4 is 16.0 Å². The molecular weight excluding hydrogens is 332 g/mol. The highest BCUT2D eigenvalue weighted by atomic mass is 79.9. The van der Waals surface area contributed by atoms with Crippen LogP contribution in [-0.2, 0) is 4.79 Å². The standard InChI is InChI=1S/C15H23BrN4O/c1-4-8-18-15(17-3)19-9-7-14(21)20-13-6-5-12(16)10-11(13)2/h5-6,10H,4,7-9H2,1-3H3,(H,20,21)(H2,17,18,19). The number of halogens is 1. The molecule has 0 saturated heterocycles. The van der Waals surface area contributed by atoms with Gasteiger partial charge in [-0.05, 0) is 37.1 Å². The maximum absolute atomic E-state index is 11.9. The minimum Gasteiger partial charge on any atom is -0.356 e. The average molecular weight is 355 g/mol. The molecule has 0 unspecified atom stereocenters. The fourth-order valence-electron chi connectivity index (χ4n) is 1.74. The lowest BCUT2D eigenvalue weighted by atomic mass is 10.2. The summed E-state index contributed by atoms with van der Waals surface area (Å²) < 4.78 is 1.01. The number of guanidine groups is 1. The Hall–Kier alpha value is -1.56. The number of aryl methyl sites for hydroxylation is 1. The van der Waals surface area contributed by atoms with Crippen molar-refractivity contribution in [1.82, 2.24) is 10.6 Å². The van der Waals surface area contributed by atoms with Crippen LogP contribution in [0.15, 0.2) is 27.7 Å². The minimum absolute atomic E-state index is 0.0149. The van der Waals surface area contributed by atoms with Crippen LogP contribution in [0.5, 0.6) is 0 Å². The van der Waals surface area contributed by atoms with Crippen molar-refractivity contribution in [2.75, 3.05) is 25.5 Å². The van der Waals surface area contributed by atoms with Gasteiger partial charge >= 0.3 is 0 Å². The quantitative estimate of drug-likeness (QED) is 0.543. The molecule has 0 bridgehead atoms. The monoisotopic (exact) mass is 354 g/mol. The first kappa shape index (κ1) is 17.5. The van der Waals surface area contributed by atoms with E-state index >= 15 is 0 Å². The van der Waals surface area contributed by atoms with Gasteiger partial charge in [0.25, 0.3) is 0 Å². The van der Waals surface area contributed by atoms with E-state index in [2.05, 4.69) is 43.8 Å². The number of amides is 1. The first-order valence-electron chi connectivity index (χ1n) is 7.07. The molecule has 0 fully saturated rings. The van der Waals surface area contributed by atoms with E-state index in [0.717, 1.165) is 34.6 Å². The van der Waals surface area contributed by atoms with Gasteiger partial charge in [-0.25, -0.2) is 0 Å². The topological polar surface area (TPSA) is 65.5 Å². The number of nitrogens with zero attached hydrogens (tertiary/aromatic N) is 1. The highest BCUT2D eigenvalue weighted by Crippen LogP contribution is 2.19. The smallest absolute Gasteiger partial charge is 0.226 e. The lowest BCUT2D eigenvalue weighted by Gasteiger charge is -2.12. The number of carbonyl (C=O) groups excluding carboxylic acids is 1. The number of rotatable bonds is 6. The van der Waals surface area contributed by atoms with Crippen LogP contribution in [0.25, 0.3) is 0 Å². The lowest BCUT2D eigenvalue weighted by molar-refractivity contribution is -0.116. The SMILES string of the molecule is CCCNC(=NC)NCCC(=O)Nc1ccc(Br)cc1C. The third-order valence-electron chi connectivity index (χ3n) is 2.87. The van der Waals surface area contributed by atoms with Crippen LogP contribution in [-0.4, -0.2) is 32.0 Å². The van der Waals surface area contributed by atoms with E-state index in [1.54, 1.807) is 7.05 Å². The molecule has 0 aliphatic carbocycles.